The number of likely N-dealkylation sites (N-methyl/N-ethyl adjacent to an activating group) is 1. The molecule has 3 amide bonds. The van der Waals surface area contributed by atoms with Crippen LogP contribution in [0.25, 0.3) is 0 Å². The summed E-state index contributed by atoms with van der Waals surface area (Å²) in [4.78, 5) is 41.6. The van der Waals surface area contributed by atoms with Crippen molar-refractivity contribution >= 4 is 29.7 Å². The summed E-state index contributed by atoms with van der Waals surface area (Å²) in [6.07, 6.45) is -0.870. The van der Waals surface area contributed by atoms with Crippen LogP contribution in [-0.4, -0.2) is 54.7 Å². The molecule has 0 spiro atoms. The van der Waals surface area contributed by atoms with Gasteiger partial charge in [-0.3, -0.25) is 4.90 Å². The van der Waals surface area contributed by atoms with Gasteiger partial charge in [0.15, 0.2) is 0 Å². The number of halogens is 1. The van der Waals surface area contributed by atoms with Crippen molar-refractivity contribution < 1.29 is 23.9 Å². The number of benzene rings is 2. The highest BCUT2D eigenvalue weighted by atomic mass is 35.5. The van der Waals surface area contributed by atoms with Gasteiger partial charge in [0.1, 0.15) is 12.6 Å². The molecule has 0 radical (unpaired) electrons. The zero-order chi connectivity index (χ0) is 24.7. The van der Waals surface area contributed by atoms with Crippen LogP contribution in [0.15, 0.2) is 65.9 Å². The quantitative estimate of drug-likeness (QED) is 0.553. The van der Waals surface area contributed by atoms with Crippen molar-refractivity contribution in [3.8, 4) is 0 Å². The van der Waals surface area contributed by atoms with Gasteiger partial charge in [-0.05, 0) is 44.2 Å². The molecule has 0 aromatic heterocycles. The predicted molar refractivity (Wildman–Crippen MR) is 128 cm³/mol. The van der Waals surface area contributed by atoms with E-state index in [-0.39, 0.29) is 18.8 Å². The van der Waals surface area contributed by atoms with Crippen LogP contribution < -0.4 is 5.32 Å². The van der Waals surface area contributed by atoms with Gasteiger partial charge in [0.2, 0.25) is 0 Å². The standard InChI is InChI=1S/C25H28ClN3O5/c1-4-33-23(30)21-17(2)27-24(31)29(22(21)19-11-8-12-20(26)15-19)25(32)34-14-13-28(3)16-18-9-6-5-7-10-18/h5-12,15,22H,4,13-14,16H2,1-3H3,(H,27,31). The molecule has 1 N–H and O–H groups in total. The van der Waals surface area contributed by atoms with Crippen molar-refractivity contribution in [2.45, 2.75) is 26.4 Å². The second-order valence-electron chi connectivity index (χ2n) is 7.85. The lowest BCUT2D eigenvalue weighted by molar-refractivity contribution is -0.139. The number of rotatable bonds is 8. The fourth-order valence-corrected chi connectivity index (χ4v) is 3.92. The molecule has 0 saturated carbocycles. The van der Waals surface area contributed by atoms with Gasteiger partial charge < -0.3 is 14.8 Å². The van der Waals surface area contributed by atoms with Crippen molar-refractivity contribution in [1.29, 1.82) is 0 Å². The average molecular weight is 486 g/mol. The third-order valence-electron chi connectivity index (χ3n) is 5.30. The largest absolute Gasteiger partial charge is 0.463 e. The maximum atomic E-state index is 13.1. The minimum atomic E-state index is -1.04. The van der Waals surface area contributed by atoms with Gasteiger partial charge in [-0.25, -0.2) is 19.3 Å². The van der Waals surface area contributed by atoms with Crippen LogP contribution in [0.3, 0.4) is 0 Å². The van der Waals surface area contributed by atoms with E-state index in [1.54, 1.807) is 38.1 Å². The number of esters is 1. The molecular weight excluding hydrogens is 458 g/mol. The molecule has 0 saturated heterocycles. The number of hydrogen-bond donors (Lipinski definition) is 1. The number of nitrogens with zero attached hydrogens (tertiary/aromatic N) is 2. The maximum absolute atomic E-state index is 13.1. The fourth-order valence-electron chi connectivity index (χ4n) is 3.73. The van der Waals surface area contributed by atoms with Crippen molar-refractivity contribution in [2.24, 2.45) is 0 Å². The topological polar surface area (TPSA) is 88.2 Å². The summed E-state index contributed by atoms with van der Waals surface area (Å²) >= 11 is 6.16. The monoisotopic (exact) mass is 485 g/mol. The molecule has 1 atom stereocenters. The van der Waals surface area contributed by atoms with Crippen molar-refractivity contribution in [1.82, 2.24) is 15.1 Å². The van der Waals surface area contributed by atoms with E-state index in [1.807, 2.05) is 42.3 Å². The molecule has 2 aromatic rings. The Morgan fingerprint density at radius 3 is 2.53 bits per heavy atom. The van der Waals surface area contributed by atoms with Crippen LogP contribution in [-0.2, 0) is 20.8 Å². The first-order valence-electron chi connectivity index (χ1n) is 10.9. The van der Waals surface area contributed by atoms with Crippen LogP contribution in [0, 0.1) is 0 Å². The molecular formula is C25H28ClN3O5. The second-order valence-corrected chi connectivity index (χ2v) is 8.29. The van der Waals surface area contributed by atoms with E-state index in [9.17, 15) is 14.4 Å². The average Bonchev–Trinajstić information content (AvgIpc) is 2.79. The van der Waals surface area contributed by atoms with E-state index in [2.05, 4.69) is 5.32 Å². The third-order valence-corrected chi connectivity index (χ3v) is 5.53. The highest BCUT2D eigenvalue weighted by Crippen LogP contribution is 2.35. The van der Waals surface area contributed by atoms with Crippen molar-refractivity contribution in [3.05, 3.63) is 82.0 Å². The van der Waals surface area contributed by atoms with Crippen LogP contribution >= 0.6 is 11.6 Å². The predicted octanol–water partition coefficient (Wildman–Crippen LogP) is 4.51. The lowest BCUT2D eigenvalue weighted by Crippen LogP contribution is -2.51. The van der Waals surface area contributed by atoms with E-state index in [1.165, 1.54) is 0 Å². The van der Waals surface area contributed by atoms with Gasteiger partial charge in [-0.1, -0.05) is 54.1 Å². The number of carbonyl (C=O) groups is 3. The highest BCUT2D eigenvalue weighted by Gasteiger charge is 2.42. The fraction of sp³-hybridized carbons (Fsp3) is 0.320. The Bertz CT molecular complexity index is 1070. The van der Waals surface area contributed by atoms with Crippen LogP contribution in [0.5, 0.6) is 0 Å². The molecule has 1 heterocycles. The summed E-state index contributed by atoms with van der Waals surface area (Å²) in [5.41, 5.74) is 2.07. The Morgan fingerprint density at radius 1 is 1.12 bits per heavy atom. The molecule has 1 aliphatic rings. The molecule has 8 nitrogen and oxygen atoms in total. The first-order chi connectivity index (χ1) is 16.3. The maximum Gasteiger partial charge on any atom is 0.418 e. The Morgan fingerprint density at radius 2 is 1.85 bits per heavy atom. The van der Waals surface area contributed by atoms with Crippen molar-refractivity contribution in [2.75, 3.05) is 26.8 Å². The number of ether oxygens (including phenoxy) is 2. The Kier molecular flexibility index (Phi) is 8.67. The number of hydrogen-bond acceptors (Lipinski definition) is 6. The molecule has 0 aliphatic carbocycles. The summed E-state index contributed by atoms with van der Waals surface area (Å²) in [5.74, 6) is -0.634. The lowest BCUT2D eigenvalue weighted by Gasteiger charge is -2.35. The number of amides is 3. The third kappa shape index (κ3) is 6.15. The van der Waals surface area contributed by atoms with Gasteiger partial charge in [0.05, 0.1) is 12.2 Å². The summed E-state index contributed by atoms with van der Waals surface area (Å²) in [6.45, 7) is 4.61. The zero-order valence-electron chi connectivity index (χ0n) is 19.4. The number of nitrogens with one attached hydrogen (secondary N) is 1. The lowest BCUT2D eigenvalue weighted by atomic mass is 9.94. The van der Waals surface area contributed by atoms with Gasteiger partial charge in [0.25, 0.3) is 0 Å². The van der Waals surface area contributed by atoms with E-state index in [0.29, 0.717) is 29.4 Å². The first kappa shape index (κ1) is 25.3. The van der Waals surface area contributed by atoms with Gasteiger partial charge in [0, 0.05) is 23.8 Å². The molecule has 2 aromatic carbocycles. The molecule has 1 unspecified atom stereocenters. The number of imide groups is 1. The summed E-state index contributed by atoms with van der Waals surface area (Å²) in [7, 11) is 1.91. The molecule has 9 heteroatoms. The molecule has 3 rings (SSSR count). The Hall–Kier alpha value is -3.36. The summed E-state index contributed by atoms with van der Waals surface area (Å²) in [6, 6.07) is 14.8. The minimum Gasteiger partial charge on any atom is -0.463 e. The van der Waals surface area contributed by atoms with Crippen molar-refractivity contribution in [3.63, 3.8) is 0 Å². The van der Waals surface area contributed by atoms with Crippen LogP contribution in [0.4, 0.5) is 9.59 Å². The molecule has 1 aliphatic heterocycles. The van der Waals surface area contributed by atoms with Gasteiger partial charge in [-0.15, -0.1) is 0 Å². The first-order valence-corrected chi connectivity index (χ1v) is 11.3. The molecule has 0 fully saturated rings. The molecule has 34 heavy (non-hydrogen) atoms. The zero-order valence-corrected chi connectivity index (χ0v) is 20.2. The van der Waals surface area contributed by atoms with Gasteiger partial charge in [-0.2, -0.15) is 0 Å². The number of allylic oxidation sites excluding steroid dienone is 1. The van der Waals surface area contributed by atoms with E-state index >= 15 is 0 Å². The summed E-state index contributed by atoms with van der Waals surface area (Å²) in [5, 5.41) is 2.97. The Labute approximate surface area is 204 Å². The molecule has 180 valence electrons. The van der Waals surface area contributed by atoms with Gasteiger partial charge >= 0.3 is 18.1 Å². The number of urea groups is 1. The minimum absolute atomic E-state index is 0.0612. The van der Waals surface area contributed by atoms with E-state index in [0.717, 1.165) is 10.5 Å². The second kappa shape index (κ2) is 11.7. The SMILES string of the molecule is CCOC(=O)C1=C(C)NC(=O)N(C(=O)OCCN(C)Cc2ccccc2)C1c1cccc(Cl)c1. The number of carbonyl (C=O) groups excluding carboxylic acids is 3. The van der Waals surface area contributed by atoms with E-state index < -0.39 is 24.1 Å². The normalized spacial score (nSPS) is 15.9. The van der Waals surface area contributed by atoms with E-state index in [4.69, 9.17) is 21.1 Å². The highest BCUT2D eigenvalue weighted by molar-refractivity contribution is 6.30. The van der Waals surface area contributed by atoms with Crippen LogP contribution in [0.2, 0.25) is 5.02 Å². The summed E-state index contributed by atoms with van der Waals surface area (Å²) < 4.78 is 10.6. The Balaban J connectivity index is 1.79. The van der Waals surface area contributed by atoms with Crippen LogP contribution in [0.1, 0.15) is 31.0 Å². The molecule has 0 bridgehead atoms. The smallest absolute Gasteiger partial charge is 0.418 e.